The van der Waals surface area contributed by atoms with Gasteiger partial charge >= 0.3 is 6.18 Å². The van der Waals surface area contributed by atoms with E-state index < -0.39 is 11.7 Å². The largest absolute Gasteiger partial charge is 0.416 e. The summed E-state index contributed by atoms with van der Waals surface area (Å²) in [6.07, 6.45) is -4.33. The van der Waals surface area contributed by atoms with Crippen molar-refractivity contribution in [2.75, 3.05) is 13.6 Å². The average Bonchev–Trinajstić information content (AvgIpc) is 2.29. The molecule has 0 bridgehead atoms. The number of aliphatic imine (C=N–C) groups is 1. The molecule has 100 valence electrons. The first-order valence-corrected chi connectivity index (χ1v) is 5.24. The molecule has 0 heterocycles. The summed E-state index contributed by atoms with van der Waals surface area (Å²) < 4.78 is 37.2. The van der Waals surface area contributed by atoms with Crippen LogP contribution in [0.15, 0.2) is 29.3 Å². The molecule has 0 fully saturated rings. The second kappa shape index (κ2) is 5.72. The molecular formula is C11H15F3N4. The van der Waals surface area contributed by atoms with Crippen LogP contribution >= 0.6 is 0 Å². The molecule has 0 saturated heterocycles. The number of alkyl halides is 3. The maximum Gasteiger partial charge on any atom is 0.416 e. The Kier molecular flexibility index (Phi) is 4.55. The molecule has 1 aromatic carbocycles. The highest BCUT2D eigenvalue weighted by molar-refractivity contribution is 5.75. The predicted octanol–water partition coefficient (Wildman–Crippen LogP) is 1.24. The molecule has 0 radical (unpaired) electrons. The Bertz CT molecular complexity index is 407. The normalized spacial score (nSPS) is 13.1. The van der Waals surface area contributed by atoms with Crippen LogP contribution in [0.5, 0.6) is 0 Å². The topological polar surface area (TPSA) is 76.4 Å². The summed E-state index contributed by atoms with van der Waals surface area (Å²) in [6.45, 7) is 0.268. The van der Waals surface area contributed by atoms with E-state index in [2.05, 4.69) is 10.3 Å². The molecule has 1 unspecified atom stereocenters. The van der Waals surface area contributed by atoms with Gasteiger partial charge in [0.25, 0.3) is 0 Å². The van der Waals surface area contributed by atoms with Gasteiger partial charge in [0.1, 0.15) is 0 Å². The summed E-state index contributed by atoms with van der Waals surface area (Å²) in [5, 5.41) is 2.93. The molecule has 0 saturated carbocycles. The maximum atomic E-state index is 12.4. The van der Waals surface area contributed by atoms with Crippen molar-refractivity contribution < 1.29 is 13.2 Å². The average molecular weight is 260 g/mol. The van der Waals surface area contributed by atoms with Gasteiger partial charge in [-0.25, -0.2) is 0 Å². The van der Waals surface area contributed by atoms with Crippen LogP contribution in [0.2, 0.25) is 0 Å². The fourth-order valence-corrected chi connectivity index (χ4v) is 1.46. The van der Waals surface area contributed by atoms with Gasteiger partial charge in [-0.3, -0.25) is 4.99 Å². The number of halogens is 3. The minimum Gasteiger partial charge on any atom is -0.370 e. The first-order chi connectivity index (χ1) is 8.34. The Morgan fingerprint density at radius 2 is 1.83 bits per heavy atom. The van der Waals surface area contributed by atoms with E-state index in [9.17, 15) is 13.2 Å². The molecule has 0 aromatic heterocycles. The number of nitrogens with one attached hydrogen (secondary N) is 1. The number of benzene rings is 1. The Morgan fingerprint density at radius 3 is 2.22 bits per heavy atom. The molecule has 0 aliphatic heterocycles. The van der Waals surface area contributed by atoms with Crippen LogP contribution in [-0.4, -0.2) is 19.6 Å². The summed E-state index contributed by atoms with van der Waals surface area (Å²) in [4.78, 5) is 3.83. The predicted molar refractivity (Wildman–Crippen MR) is 63.9 cm³/mol. The van der Waals surface area contributed by atoms with Crippen LogP contribution in [0.4, 0.5) is 13.2 Å². The van der Waals surface area contributed by atoms with Crippen LogP contribution in [-0.2, 0) is 6.18 Å². The van der Waals surface area contributed by atoms with Crippen LogP contribution in [0.25, 0.3) is 0 Å². The summed E-state index contributed by atoms with van der Waals surface area (Å²) in [7, 11) is 1.69. The number of hydrogen-bond acceptors (Lipinski definition) is 2. The Hall–Kier alpha value is -1.76. The van der Waals surface area contributed by atoms with E-state index in [0.29, 0.717) is 5.56 Å². The summed E-state index contributed by atoms with van der Waals surface area (Å²) in [5.41, 5.74) is 10.4. The summed E-state index contributed by atoms with van der Waals surface area (Å²) in [5.74, 6) is -0.0536. The molecule has 0 aliphatic carbocycles. The van der Waals surface area contributed by atoms with E-state index in [4.69, 9.17) is 11.5 Å². The van der Waals surface area contributed by atoms with Gasteiger partial charge in [-0.15, -0.1) is 0 Å². The van der Waals surface area contributed by atoms with Gasteiger partial charge in [0, 0.05) is 0 Å². The number of nitrogens with two attached hydrogens (primary N) is 2. The van der Waals surface area contributed by atoms with Gasteiger partial charge in [-0.1, -0.05) is 12.1 Å². The molecule has 5 N–H and O–H groups in total. The molecule has 7 heteroatoms. The first kappa shape index (κ1) is 14.3. The third-order valence-electron chi connectivity index (χ3n) is 2.45. The summed E-state index contributed by atoms with van der Waals surface area (Å²) >= 11 is 0. The number of likely N-dealkylation sites (N-methyl/N-ethyl adjacent to an activating group) is 1. The highest BCUT2D eigenvalue weighted by atomic mass is 19.4. The Morgan fingerprint density at radius 1 is 1.28 bits per heavy atom. The minimum absolute atomic E-state index is 0.0536. The van der Waals surface area contributed by atoms with Crippen LogP contribution in [0, 0.1) is 0 Å². The second-order valence-electron chi connectivity index (χ2n) is 3.73. The van der Waals surface area contributed by atoms with Crippen molar-refractivity contribution in [1.82, 2.24) is 5.32 Å². The van der Waals surface area contributed by atoms with Crippen molar-refractivity contribution in [2.45, 2.75) is 12.2 Å². The van der Waals surface area contributed by atoms with Crippen LogP contribution in [0.3, 0.4) is 0 Å². The van der Waals surface area contributed by atoms with E-state index in [1.54, 1.807) is 7.05 Å². The van der Waals surface area contributed by atoms with Crippen molar-refractivity contribution in [2.24, 2.45) is 16.5 Å². The van der Waals surface area contributed by atoms with Crippen LogP contribution < -0.4 is 16.8 Å². The number of guanidine groups is 1. The van der Waals surface area contributed by atoms with Gasteiger partial charge in [-0.2, -0.15) is 13.2 Å². The Balaban J connectivity index is 2.85. The molecule has 0 aliphatic rings. The number of rotatable bonds is 4. The number of hydrogen-bond donors (Lipinski definition) is 3. The molecule has 0 amide bonds. The van der Waals surface area contributed by atoms with Crippen molar-refractivity contribution in [3.05, 3.63) is 35.4 Å². The van der Waals surface area contributed by atoms with Crippen molar-refractivity contribution in [3.8, 4) is 0 Å². The lowest BCUT2D eigenvalue weighted by Gasteiger charge is -2.15. The molecule has 18 heavy (non-hydrogen) atoms. The third kappa shape index (κ3) is 3.92. The highest BCUT2D eigenvalue weighted by Crippen LogP contribution is 2.29. The van der Waals surface area contributed by atoms with Crippen molar-refractivity contribution in [3.63, 3.8) is 0 Å². The smallest absolute Gasteiger partial charge is 0.370 e. The minimum atomic E-state index is -4.33. The molecular weight excluding hydrogens is 245 g/mol. The fourth-order valence-electron chi connectivity index (χ4n) is 1.46. The van der Waals surface area contributed by atoms with Gasteiger partial charge in [-0.05, 0) is 24.7 Å². The first-order valence-electron chi connectivity index (χ1n) is 5.24. The third-order valence-corrected chi connectivity index (χ3v) is 2.45. The molecule has 1 aromatic rings. The molecule has 0 spiro atoms. The Labute approximate surface area is 103 Å². The van der Waals surface area contributed by atoms with Gasteiger partial charge in [0.2, 0.25) is 0 Å². The molecule has 1 atom stereocenters. The zero-order chi connectivity index (χ0) is 13.8. The van der Waals surface area contributed by atoms with E-state index >= 15 is 0 Å². The summed E-state index contributed by atoms with van der Waals surface area (Å²) in [6, 6.07) is 4.66. The molecule has 4 nitrogen and oxygen atoms in total. The fraction of sp³-hybridized carbons (Fsp3) is 0.364. The zero-order valence-electron chi connectivity index (χ0n) is 9.83. The maximum absolute atomic E-state index is 12.4. The second-order valence-corrected chi connectivity index (χ2v) is 3.73. The van der Waals surface area contributed by atoms with Crippen molar-refractivity contribution >= 4 is 5.96 Å². The van der Waals surface area contributed by atoms with Crippen molar-refractivity contribution in [1.29, 1.82) is 0 Å². The van der Waals surface area contributed by atoms with E-state index in [1.807, 2.05) is 0 Å². The standard InChI is InChI=1S/C11H15F3N4/c1-17-9(6-18-10(15)16)7-2-4-8(5-3-7)11(12,13)14/h2-5,9,17H,6H2,1H3,(H4,15,16,18). The SMILES string of the molecule is CNC(CN=C(N)N)c1ccc(C(F)(F)F)cc1. The highest BCUT2D eigenvalue weighted by Gasteiger charge is 2.30. The van der Waals surface area contributed by atoms with E-state index in [-0.39, 0.29) is 18.5 Å². The lowest BCUT2D eigenvalue weighted by molar-refractivity contribution is -0.137. The van der Waals surface area contributed by atoms with Gasteiger partial charge in [0.15, 0.2) is 5.96 Å². The molecule has 1 rings (SSSR count). The zero-order valence-corrected chi connectivity index (χ0v) is 9.83. The van der Waals surface area contributed by atoms with E-state index in [0.717, 1.165) is 12.1 Å². The monoisotopic (exact) mass is 260 g/mol. The van der Waals surface area contributed by atoms with E-state index in [1.165, 1.54) is 12.1 Å². The van der Waals surface area contributed by atoms with Crippen LogP contribution in [0.1, 0.15) is 17.2 Å². The van der Waals surface area contributed by atoms with Gasteiger partial charge < -0.3 is 16.8 Å². The quantitative estimate of drug-likeness (QED) is 0.563. The lowest BCUT2D eigenvalue weighted by atomic mass is 10.0. The number of nitrogens with zero attached hydrogens (tertiary/aromatic N) is 1. The van der Waals surface area contributed by atoms with Gasteiger partial charge in [0.05, 0.1) is 18.2 Å². The lowest BCUT2D eigenvalue weighted by Crippen LogP contribution is -2.26.